The van der Waals surface area contributed by atoms with E-state index in [0.717, 1.165) is 26.1 Å². The summed E-state index contributed by atoms with van der Waals surface area (Å²) in [6.07, 6.45) is 4.16. The monoisotopic (exact) mass is 198 g/mol. The lowest BCUT2D eigenvalue weighted by Gasteiger charge is -2.19. The molecule has 0 spiro atoms. The van der Waals surface area contributed by atoms with E-state index in [0.29, 0.717) is 18.1 Å². The molecule has 1 atom stereocenters. The molecule has 0 amide bonds. The molecule has 1 aliphatic rings. The summed E-state index contributed by atoms with van der Waals surface area (Å²) in [4.78, 5) is 11.3. The van der Waals surface area contributed by atoms with Gasteiger partial charge in [0.05, 0.1) is 13.2 Å². The van der Waals surface area contributed by atoms with Crippen LogP contribution in [0.25, 0.3) is 0 Å². The van der Waals surface area contributed by atoms with Crippen LogP contribution in [-0.4, -0.2) is 25.8 Å². The Kier molecular flexibility index (Phi) is 4.66. The topological polar surface area (TPSA) is 35.5 Å². The summed E-state index contributed by atoms with van der Waals surface area (Å²) in [6.45, 7) is 5.63. The third-order valence-electron chi connectivity index (χ3n) is 2.28. The van der Waals surface area contributed by atoms with E-state index >= 15 is 0 Å². The summed E-state index contributed by atoms with van der Waals surface area (Å²) < 4.78 is 10.2. The first-order valence-electron chi connectivity index (χ1n) is 5.17. The minimum Gasteiger partial charge on any atom is -0.463 e. The molecule has 1 unspecified atom stereocenters. The molecule has 1 fully saturated rings. The van der Waals surface area contributed by atoms with Crippen molar-refractivity contribution >= 4 is 5.97 Å². The van der Waals surface area contributed by atoms with Gasteiger partial charge in [0.1, 0.15) is 0 Å². The van der Waals surface area contributed by atoms with Crippen LogP contribution in [-0.2, 0) is 14.3 Å². The Morgan fingerprint density at radius 3 is 3.00 bits per heavy atom. The van der Waals surface area contributed by atoms with Crippen LogP contribution >= 0.6 is 0 Å². The van der Waals surface area contributed by atoms with Crippen LogP contribution in [0.4, 0.5) is 0 Å². The van der Waals surface area contributed by atoms with Crippen molar-refractivity contribution in [2.75, 3.05) is 19.8 Å². The molecule has 0 bridgehead atoms. The third kappa shape index (κ3) is 3.50. The highest BCUT2D eigenvalue weighted by Gasteiger charge is 2.13. The Morgan fingerprint density at radius 2 is 2.43 bits per heavy atom. The van der Waals surface area contributed by atoms with Crippen molar-refractivity contribution in [3.05, 3.63) is 11.6 Å². The van der Waals surface area contributed by atoms with Crippen LogP contribution in [0, 0.1) is 5.92 Å². The SMILES string of the molecule is CCOC(=O)C(C)=CC1CCCOC1. The Balaban J connectivity index is 2.44. The zero-order valence-corrected chi connectivity index (χ0v) is 8.91. The number of carbonyl (C=O) groups excluding carboxylic acids is 1. The second kappa shape index (κ2) is 5.81. The molecule has 0 saturated carbocycles. The zero-order chi connectivity index (χ0) is 10.4. The Morgan fingerprint density at radius 1 is 1.64 bits per heavy atom. The number of hydrogen-bond acceptors (Lipinski definition) is 3. The van der Waals surface area contributed by atoms with E-state index in [1.165, 1.54) is 0 Å². The van der Waals surface area contributed by atoms with Crippen LogP contribution in [0.1, 0.15) is 26.7 Å². The molecule has 0 N–H and O–H groups in total. The smallest absolute Gasteiger partial charge is 0.333 e. The van der Waals surface area contributed by atoms with E-state index in [2.05, 4.69) is 0 Å². The number of ether oxygens (including phenoxy) is 2. The van der Waals surface area contributed by atoms with E-state index in [4.69, 9.17) is 9.47 Å². The lowest BCUT2D eigenvalue weighted by molar-refractivity contribution is -0.138. The first kappa shape index (κ1) is 11.2. The van der Waals surface area contributed by atoms with Crippen molar-refractivity contribution in [2.24, 2.45) is 5.92 Å². The van der Waals surface area contributed by atoms with Crippen molar-refractivity contribution in [1.82, 2.24) is 0 Å². The van der Waals surface area contributed by atoms with E-state index < -0.39 is 0 Å². The van der Waals surface area contributed by atoms with Crippen LogP contribution in [0.2, 0.25) is 0 Å². The molecule has 3 heteroatoms. The molecular weight excluding hydrogens is 180 g/mol. The maximum atomic E-state index is 11.3. The van der Waals surface area contributed by atoms with E-state index in [9.17, 15) is 4.79 Å². The molecular formula is C11H18O3. The molecule has 1 rings (SSSR count). The van der Waals surface area contributed by atoms with E-state index in [1.807, 2.05) is 13.0 Å². The Bertz CT molecular complexity index is 215. The predicted octanol–water partition coefficient (Wildman–Crippen LogP) is 1.92. The van der Waals surface area contributed by atoms with Gasteiger partial charge in [-0.15, -0.1) is 0 Å². The molecule has 0 aromatic rings. The molecule has 14 heavy (non-hydrogen) atoms. The third-order valence-corrected chi connectivity index (χ3v) is 2.28. The number of hydrogen-bond donors (Lipinski definition) is 0. The molecule has 1 saturated heterocycles. The summed E-state index contributed by atoms with van der Waals surface area (Å²) in [5.74, 6) is 0.172. The van der Waals surface area contributed by atoms with Crippen molar-refractivity contribution in [3.8, 4) is 0 Å². The lowest BCUT2D eigenvalue weighted by atomic mass is 10.00. The number of rotatable bonds is 3. The van der Waals surface area contributed by atoms with E-state index in [-0.39, 0.29) is 5.97 Å². The van der Waals surface area contributed by atoms with Gasteiger partial charge in [-0.2, -0.15) is 0 Å². The summed E-state index contributed by atoms with van der Waals surface area (Å²) >= 11 is 0. The van der Waals surface area contributed by atoms with Gasteiger partial charge in [0.15, 0.2) is 0 Å². The van der Waals surface area contributed by atoms with Gasteiger partial charge in [-0.3, -0.25) is 0 Å². The summed E-state index contributed by atoms with van der Waals surface area (Å²) in [5.41, 5.74) is 0.697. The van der Waals surface area contributed by atoms with Gasteiger partial charge >= 0.3 is 5.97 Å². The summed E-state index contributed by atoms with van der Waals surface area (Å²) in [7, 11) is 0. The van der Waals surface area contributed by atoms with Gasteiger partial charge in [0.2, 0.25) is 0 Å². The minimum atomic E-state index is -0.210. The fourth-order valence-corrected chi connectivity index (χ4v) is 1.56. The number of carbonyl (C=O) groups is 1. The largest absolute Gasteiger partial charge is 0.463 e. The summed E-state index contributed by atoms with van der Waals surface area (Å²) in [5, 5.41) is 0. The first-order valence-corrected chi connectivity index (χ1v) is 5.17. The molecule has 80 valence electrons. The fraction of sp³-hybridized carbons (Fsp3) is 0.727. The van der Waals surface area contributed by atoms with Crippen LogP contribution in [0.5, 0.6) is 0 Å². The van der Waals surface area contributed by atoms with Gasteiger partial charge in [-0.25, -0.2) is 4.79 Å². The second-order valence-corrected chi connectivity index (χ2v) is 3.55. The van der Waals surface area contributed by atoms with Gasteiger partial charge in [-0.05, 0) is 26.7 Å². The van der Waals surface area contributed by atoms with Gasteiger partial charge < -0.3 is 9.47 Å². The lowest BCUT2D eigenvalue weighted by Crippen LogP contribution is -2.17. The maximum Gasteiger partial charge on any atom is 0.333 e. The van der Waals surface area contributed by atoms with E-state index in [1.54, 1.807) is 6.92 Å². The normalized spacial score (nSPS) is 23.3. The van der Waals surface area contributed by atoms with Crippen LogP contribution < -0.4 is 0 Å². The predicted molar refractivity (Wildman–Crippen MR) is 53.9 cm³/mol. The summed E-state index contributed by atoms with van der Waals surface area (Å²) in [6, 6.07) is 0. The van der Waals surface area contributed by atoms with Crippen LogP contribution in [0.15, 0.2) is 11.6 Å². The zero-order valence-electron chi connectivity index (χ0n) is 8.91. The van der Waals surface area contributed by atoms with Gasteiger partial charge in [0, 0.05) is 18.1 Å². The van der Waals surface area contributed by atoms with Crippen molar-refractivity contribution in [3.63, 3.8) is 0 Å². The second-order valence-electron chi connectivity index (χ2n) is 3.55. The van der Waals surface area contributed by atoms with Crippen LogP contribution in [0.3, 0.4) is 0 Å². The molecule has 1 aliphatic heterocycles. The highest BCUT2D eigenvalue weighted by molar-refractivity contribution is 5.87. The Hall–Kier alpha value is -0.830. The fourth-order valence-electron chi connectivity index (χ4n) is 1.56. The molecule has 0 aromatic heterocycles. The van der Waals surface area contributed by atoms with Crippen molar-refractivity contribution in [2.45, 2.75) is 26.7 Å². The Labute approximate surface area is 85.1 Å². The first-order chi connectivity index (χ1) is 6.74. The number of esters is 1. The average Bonchev–Trinajstić information content (AvgIpc) is 2.19. The highest BCUT2D eigenvalue weighted by atomic mass is 16.5. The van der Waals surface area contributed by atoms with Gasteiger partial charge in [-0.1, -0.05) is 6.08 Å². The highest BCUT2D eigenvalue weighted by Crippen LogP contribution is 2.16. The molecule has 1 heterocycles. The minimum absolute atomic E-state index is 0.210. The maximum absolute atomic E-state index is 11.3. The molecule has 0 aromatic carbocycles. The average molecular weight is 198 g/mol. The van der Waals surface area contributed by atoms with Crippen molar-refractivity contribution in [1.29, 1.82) is 0 Å². The molecule has 0 aliphatic carbocycles. The molecule has 0 radical (unpaired) electrons. The quantitative estimate of drug-likeness (QED) is 0.513. The molecule has 3 nitrogen and oxygen atoms in total. The van der Waals surface area contributed by atoms with Gasteiger partial charge in [0.25, 0.3) is 0 Å². The standard InChI is InChI=1S/C11H18O3/c1-3-14-11(12)9(2)7-10-5-4-6-13-8-10/h7,10H,3-6,8H2,1-2H3. The van der Waals surface area contributed by atoms with Crippen molar-refractivity contribution < 1.29 is 14.3 Å².